The van der Waals surface area contributed by atoms with Gasteiger partial charge in [-0.2, -0.15) is 4.98 Å². The van der Waals surface area contributed by atoms with Crippen molar-refractivity contribution < 1.29 is 5.11 Å². The van der Waals surface area contributed by atoms with Gasteiger partial charge in [0, 0.05) is 25.9 Å². The van der Waals surface area contributed by atoms with Gasteiger partial charge >= 0.3 is 0 Å². The molecule has 0 atom stereocenters. The second-order valence-electron chi connectivity index (χ2n) is 4.24. The molecule has 0 unspecified atom stereocenters. The molecule has 0 aliphatic heterocycles. The minimum Gasteiger partial charge on any atom is -0.506 e. The first-order valence-corrected chi connectivity index (χ1v) is 5.64. The van der Waals surface area contributed by atoms with Gasteiger partial charge in [-0.25, -0.2) is 4.98 Å². The summed E-state index contributed by atoms with van der Waals surface area (Å²) >= 11 is 0. The van der Waals surface area contributed by atoms with Gasteiger partial charge < -0.3 is 15.3 Å². The molecule has 0 fully saturated rings. The molecule has 0 aliphatic rings. The lowest BCUT2D eigenvalue weighted by atomic mass is 10.3. The van der Waals surface area contributed by atoms with Gasteiger partial charge in [-0.1, -0.05) is 12.1 Å². The van der Waals surface area contributed by atoms with Crippen LogP contribution in [0.4, 0.5) is 17.5 Å². The zero-order valence-electron chi connectivity index (χ0n) is 10.7. The van der Waals surface area contributed by atoms with E-state index >= 15 is 0 Å². The summed E-state index contributed by atoms with van der Waals surface area (Å²) in [4.78, 5) is 10.5. The molecule has 0 radical (unpaired) electrons. The van der Waals surface area contributed by atoms with Crippen molar-refractivity contribution >= 4 is 17.5 Å². The highest BCUT2D eigenvalue weighted by Crippen LogP contribution is 2.25. The third kappa shape index (κ3) is 2.51. The van der Waals surface area contributed by atoms with Gasteiger partial charge in [0.25, 0.3) is 0 Å². The van der Waals surface area contributed by atoms with Crippen LogP contribution in [-0.4, -0.2) is 29.2 Å². The lowest BCUT2D eigenvalue weighted by Gasteiger charge is -2.15. The van der Waals surface area contributed by atoms with Crippen LogP contribution < -0.4 is 10.2 Å². The van der Waals surface area contributed by atoms with E-state index in [9.17, 15) is 5.11 Å². The SMILES string of the molecule is Cc1cnc(Nc2ccccc2O)nc1N(C)C. The lowest BCUT2D eigenvalue weighted by molar-refractivity contribution is 0.477. The Balaban J connectivity index is 2.30. The van der Waals surface area contributed by atoms with Crippen LogP contribution in [0.15, 0.2) is 30.5 Å². The summed E-state index contributed by atoms with van der Waals surface area (Å²) in [5, 5.41) is 12.7. The minimum atomic E-state index is 0.174. The molecule has 0 saturated heterocycles. The van der Waals surface area contributed by atoms with Crippen molar-refractivity contribution in [3.63, 3.8) is 0 Å². The smallest absolute Gasteiger partial charge is 0.229 e. The third-order valence-corrected chi connectivity index (χ3v) is 2.52. The maximum absolute atomic E-state index is 9.68. The number of aryl methyl sites for hydroxylation is 1. The first kappa shape index (κ1) is 12.2. The molecule has 0 amide bonds. The maximum atomic E-state index is 9.68. The predicted molar refractivity (Wildman–Crippen MR) is 72.5 cm³/mol. The number of rotatable bonds is 3. The van der Waals surface area contributed by atoms with Gasteiger partial charge in [0.2, 0.25) is 5.95 Å². The number of anilines is 3. The fraction of sp³-hybridized carbons (Fsp3) is 0.231. The van der Waals surface area contributed by atoms with E-state index in [0.717, 1.165) is 11.4 Å². The van der Waals surface area contributed by atoms with E-state index < -0.39 is 0 Å². The van der Waals surface area contributed by atoms with Crippen molar-refractivity contribution in [2.45, 2.75) is 6.92 Å². The number of nitrogens with zero attached hydrogens (tertiary/aromatic N) is 3. The van der Waals surface area contributed by atoms with E-state index in [1.807, 2.05) is 32.0 Å². The molecule has 0 aliphatic carbocycles. The van der Waals surface area contributed by atoms with E-state index in [0.29, 0.717) is 11.6 Å². The summed E-state index contributed by atoms with van der Waals surface area (Å²) in [5.74, 6) is 1.49. The van der Waals surface area contributed by atoms with Crippen molar-refractivity contribution in [1.82, 2.24) is 9.97 Å². The molecular formula is C13H16N4O. The van der Waals surface area contributed by atoms with Gasteiger partial charge in [0.05, 0.1) is 5.69 Å². The highest BCUT2D eigenvalue weighted by molar-refractivity contribution is 5.62. The summed E-state index contributed by atoms with van der Waals surface area (Å²) in [6.45, 7) is 1.96. The van der Waals surface area contributed by atoms with E-state index in [1.165, 1.54) is 0 Å². The van der Waals surface area contributed by atoms with Crippen LogP contribution in [0.25, 0.3) is 0 Å². The molecule has 1 heterocycles. The van der Waals surface area contributed by atoms with Gasteiger partial charge in [-0.15, -0.1) is 0 Å². The van der Waals surface area contributed by atoms with Crippen LogP contribution in [-0.2, 0) is 0 Å². The van der Waals surface area contributed by atoms with Crippen LogP contribution in [0.3, 0.4) is 0 Å². The zero-order chi connectivity index (χ0) is 13.1. The lowest BCUT2D eigenvalue weighted by Crippen LogP contribution is -2.13. The van der Waals surface area contributed by atoms with Gasteiger partial charge in [0.15, 0.2) is 0 Å². The Kier molecular flexibility index (Phi) is 3.32. The second kappa shape index (κ2) is 4.91. The highest BCUT2D eigenvalue weighted by Gasteiger charge is 2.07. The normalized spacial score (nSPS) is 10.2. The molecule has 2 aromatic rings. The third-order valence-electron chi connectivity index (χ3n) is 2.52. The summed E-state index contributed by atoms with van der Waals surface area (Å²) in [6, 6.07) is 6.99. The molecule has 1 aromatic heterocycles. The molecule has 5 nitrogen and oxygen atoms in total. The number of aromatic hydroxyl groups is 1. The largest absolute Gasteiger partial charge is 0.506 e. The topological polar surface area (TPSA) is 61.3 Å². The van der Waals surface area contributed by atoms with Crippen LogP contribution in [0, 0.1) is 6.92 Å². The fourth-order valence-corrected chi connectivity index (χ4v) is 1.65. The average Bonchev–Trinajstić information content (AvgIpc) is 2.34. The van der Waals surface area contributed by atoms with E-state index in [-0.39, 0.29) is 5.75 Å². The number of hydrogen-bond donors (Lipinski definition) is 2. The van der Waals surface area contributed by atoms with Gasteiger partial charge in [-0.05, 0) is 19.1 Å². The van der Waals surface area contributed by atoms with Gasteiger partial charge in [-0.3, -0.25) is 0 Å². The second-order valence-corrected chi connectivity index (χ2v) is 4.24. The molecule has 5 heteroatoms. The Hall–Kier alpha value is -2.30. The standard InChI is InChI=1S/C13H16N4O/c1-9-8-14-13(16-12(9)17(2)3)15-10-6-4-5-7-11(10)18/h4-8,18H,1-3H3,(H,14,15,16). The summed E-state index contributed by atoms with van der Waals surface area (Å²) in [6.07, 6.45) is 1.75. The van der Waals surface area contributed by atoms with Crippen molar-refractivity contribution in [3.8, 4) is 5.75 Å². The molecule has 0 spiro atoms. The zero-order valence-corrected chi connectivity index (χ0v) is 10.7. The number of hydrogen-bond acceptors (Lipinski definition) is 5. The molecule has 2 rings (SSSR count). The predicted octanol–water partition coefficient (Wildman–Crippen LogP) is 2.30. The highest BCUT2D eigenvalue weighted by atomic mass is 16.3. The molecule has 0 bridgehead atoms. The Bertz CT molecular complexity index is 554. The Morgan fingerprint density at radius 2 is 1.94 bits per heavy atom. The van der Waals surface area contributed by atoms with Crippen molar-refractivity contribution in [3.05, 3.63) is 36.0 Å². The van der Waals surface area contributed by atoms with Crippen LogP contribution in [0.1, 0.15) is 5.56 Å². The molecule has 2 N–H and O–H groups in total. The van der Waals surface area contributed by atoms with Crippen molar-refractivity contribution in [2.75, 3.05) is 24.3 Å². The Morgan fingerprint density at radius 3 is 2.61 bits per heavy atom. The Labute approximate surface area is 106 Å². The number of nitrogens with one attached hydrogen (secondary N) is 1. The molecular weight excluding hydrogens is 228 g/mol. The van der Waals surface area contributed by atoms with Crippen molar-refractivity contribution in [1.29, 1.82) is 0 Å². The maximum Gasteiger partial charge on any atom is 0.229 e. The summed E-state index contributed by atoms with van der Waals surface area (Å²) < 4.78 is 0. The Morgan fingerprint density at radius 1 is 1.22 bits per heavy atom. The van der Waals surface area contributed by atoms with E-state index in [4.69, 9.17) is 0 Å². The van der Waals surface area contributed by atoms with E-state index in [1.54, 1.807) is 24.4 Å². The molecule has 0 saturated carbocycles. The van der Waals surface area contributed by atoms with Crippen LogP contribution in [0.5, 0.6) is 5.75 Å². The average molecular weight is 244 g/mol. The van der Waals surface area contributed by atoms with Gasteiger partial charge in [0.1, 0.15) is 11.6 Å². The molecule has 94 valence electrons. The monoisotopic (exact) mass is 244 g/mol. The molecule has 18 heavy (non-hydrogen) atoms. The number of phenols is 1. The minimum absolute atomic E-state index is 0.174. The molecule has 1 aromatic carbocycles. The number of benzene rings is 1. The number of para-hydroxylation sites is 2. The quantitative estimate of drug-likeness (QED) is 0.811. The number of phenolic OH excluding ortho intramolecular Hbond substituents is 1. The van der Waals surface area contributed by atoms with E-state index in [2.05, 4.69) is 15.3 Å². The summed E-state index contributed by atoms with van der Waals surface area (Å²) in [5.41, 5.74) is 1.59. The fourth-order valence-electron chi connectivity index (χ4n) is 1.65. The number of aromatic nitrogens is 2. The van der Waals surface area contributed by atoms with Crippen LogP contribution >= 0.6 is 0 Å². The van der Waals surface area contributed by atoms with Crippen LogP contribution in [0.2, 0.25) is 0 Å². The summed E-state index contributed by atoms with van der Waals surface area (Å²) in [7, 11) is 3.86. The van der Waals surface area contributed by atoms with Crippen molar-refractivity contribution in [2.24, 2.45) is 0 Å². The first-order chi connectivity index (χ1) is 8.58. The first-order valence-electron chi connectivity index (χ1n) is 5.64.